The van der Waals surface area contributed by atoms with Crippen LogP contribution in [0.2, 0.25) is 0 Å². The molecular formula is C28H42O5. The number of esters is 2. The van der Waals surface area contributed by atoms with E-state index in [-0.39, 0.29) is 18.5 Å². The molecule has 0 aliphatic heterocycles. The van der Waals surface area contributed by atoms with Crippen LogP contribution in [0.5, 0.6) is 0 Å². The van der Waals surface area contributed by atoms with Crippen molar-refractivity contribution in [2.75, 3.05) is 13.2 Å². The summed E-state index contributed by atoms with van der Waals surface area (Å²) >= 11 is 0. The lowest BCUT2D eigenvalue weighted by Gasteiger charge is -2.52. The molecule has 3 saturated carbocycles. The van der Waals surface area contributed by atoms with E-state index in [0.717, 1.165) is 56.3 Å². The smallest absolute Gasteiger partial charge is 0.344 e. The Morgan fingerprint density at radius 3 is 2.64 bits per heavy atom. The summed E-state index contributed by atoms with van der Waals surface area (Å²) in [6, 6.07) is 0. The quantitative estimate of drug-likeness (QED) is 0.439. The maximum atomic E-state index is 12.1. The zero-order valence-electron chi connectivity index (χ0n) is 20.8. The van der Waals surface area contributed by atoms with Crippen LogP contribution in [0.3, 0.4) is 0 Å². The molecule has 0 aromatic carbocycles. The Hall–Kier alpha value is -1.65. The fraction of sp³-hybridized carbons (Fsp3) is 0.821. The van der Waals surface area contributed by atoms with Gasteiger partial charge in [-0.2, -0.15) is 0 Å². The van der Waals surface area contributed by atoms with E-state index in [4.69, 9.17) is 9.47 Å². The lowest BCUT2D eigenvalue weighted by Crippen LogP contribution is -2.44. The standard InChI is InChI=1S/C28H42O5/c1-4-19(5-2)27(31)33-17-26(30)32-13-11-18-14-25-24-8-6-20-15-21(29)7-9-22(20)23(24)10-12-28(25,3)16-18/h15,18-19,22-25H,4-14,16-17H2,1-3H3/t18-,22-,23+,24+,25-,28+/m0/s1. The third-order valence-corrected chi connectivity index (χ3v) is 9.60. The predicted octanol–water partition coefficient (Wildman–Crippen LogP) is 5.66. The molecule has 5 heteroatoms. The number of fused-ring (bicyclic) bond motifs is 5. The molecule has 0 spiro atoms. The van der Waals surface area contributed by atoms with Gasteiger partial charge in [0.25, 0.3) is 0 Å². The molecule has 33 heavy (non-hydrogen) atoms. The first kappa shape index (κ1) is 24.5. The summed E-state index contributed by atoms with van der Waals surface area (Å²) < 4.78 is 10.6. The van der Waals surface area contributed by atoms with Gasteiger partial charge in [0, 0.05) is 6.42 Å². The maximum Gasteiger partial charge on any atom is 0.344 e. The second kappa shape index (κ2) is 10.3. The lowest BCUT2D eigenvalue weighted by molar-refractivity contribution is -0.161. The zero-order valence-corrected chi connectivity index (χ0v) is 20.8. The highest BCUT2D eigenvalue weighted by Gasteiger charge is 2.54. The van der Waals surface area contributed by atoms with Gasteiger partial charge in [0.1, 0.15) is 0 Å². The van der Waals surface area contributed by atoms with E-state index in [1.165, 1.54) is 37.7 Å². The van der Waals surface area contributed by atoms with Gasteiger partial charge in [0.05, 0.1) is 12.5 Å². The Morgan fingerprint density at radius 1 is 1.09 bits per heavy atom. The van der Waals surface area contributed by atoms with Crippen LogP contribution in [0.15, 0.2) is 11.6 Å². The van der Waals surface area contributed by atoms with E-state index >= 15 is 0 Å². The summed E-state index contributed by atoms with van der Waals surface area (Å²) in [5, 5.41) is 0. The summed E-state index contributed by atoms with van der Waals surface area (Å²) in [5.41, 5.74) is 1.86. The van der Waals surface area contributed by atoms with E-state index in [1.54, 1.807) is 0 Å². The van der Waals surface area contributed by atoms with E-state index < -0.39 is 5.97 Å². The molecule has 4 aliphatic rings. The van der Waals surface area contributed by atoms with Gasteiger partial charge in [-0.15, -0.1) is 0 Å². The van der Waals surface area contributed by atoms with Crippen molar-refractivity contribution in [2.24, 2.45) is 40.9 Å². The average Bonchev–Trinajstić information content (AvgIpc) is 3.14. The molecular weight excluding hydrogens is 416 g/mol. The van der Waals surface area contributed by atoms with E-state index in [1.807, 2.05) is 19.9 Å². The van der Waals surface area contributed by atoms with Crippen LogP contribution in [-0.4, -0.2) is 30.9 Å². The molecule has 0 aromatic rings. The second-order valence-electron chi connectivity index (χ2n) is 11.4. The van der Waals surface area contributed by atoms with Crippen molar-refractivity contribution in [3.63, 3.8) is 0 Å². The van der Waals surface area contributed by atoms with Crippen molar-refractivity contribution in [1.82, 2.24) is 0 Å². The highest BCUT2D eigenvalue weighted by atomic mass is 16.6. The molecule has 6 atom stereocenters. The minimum absolute atomic E-state index is 0.135. The van der Waals surface area contributed by atoms with E-state index in [0.29, 0.717) is 29.6 Å². The number of ether oxygens (including phenoxy) is 2. The Balaban J connectivity index is 1.25. The van der Waals surface area contributed by atoms with Crippen LogP contribution in [0.4, 0.5) is 0 Å². The molecule has 0 amide bonds. The third kappa shape index (κ3) is 5.22. The Bertz CT molecular complexity index is 781. The summed E-state index contributed by atoms with van der Waals surface area (Å²) in [5.74, 6) is 3.02. The topological polar surface area (TPSA) is 69.7 Å². The molecule has 0 aromatic heterocycles. The Morgan fingerprint density at radius 2 is 1.88 bits per heavy atom. The van der Waals surface area contributed by atoms with Gasteiger partial charge in [0.15, 0.2) is 12.4 Å². The fourth-order valence-electron chi connectivity index (χ4n) is 7.86. The normalized spacial score (nSPS) is 35.3. The molecule has 0 saturated heterocycles. The van der Waals surface area contributed by atoms with Gasteiger partial charge in [-0.05, 0) is 105 Å². The minimum atomic E-state index is -0.436. The Labute approximate surface area is 199 Å². The molecule has 184 valence electrons. The highest BCUT2D eigenvalue weighted by Crippen LogP contribution is 2.63. The lowest BCUT2D eigenvalue weighted by atomic mass is 9.52. The van der Waals surface area contributed by atoms with Gasteiger partial charge in [-0.25, -0.2) is 4.79 Å². The van der Waals surface area contributed by atoms with Gasteiger partial charge < -0.3 is 9.47 Å². The monoisotopic (exact) mass is 458 g/mol. The van der Waals surface area contributed by atoms with Crippen LogP contribution in [0.1, 0.15) is 91.4 Å². The maximum absolute atomic E-state index is 12.1. The summed E-state index contributed by atoms with van der Waals surface area (Å²) in [4.78, 5) is 35.9. The number of rotatable bonds is 8. The SMILES string of the molecule is CCC(CC)C(=O)OCC(=O)OCC[C@H]1C[C@H]2[C@@H]3CCC4=CC(=O)CC[C@@H]4[C@H]3CC[C@]2(C)C1. The summed E-state index contributed by atoms with van der Waals surface area (Å²) in [7, 11) is 0. The van der Waals surface area contributed by atoms with Crippen molar-refractivity contribution in [1.29, 1.82) is 0 Å². The molecule has 4 aliphatic carbocycles. The molecule has 0 unspecified atom stereocenters. The average molecular weight is 459 g/mol. The van der Waals surface area contributed by atoms with Crippen LogP contribution in [0.25, 0.3) is 0 Å². The molecule has 5 nitrogen and oxygen atoms in total. The predicted molar refractivity (Wildman–Crippen MR) is 126 cm³/mol. The fourth-order valence-corrected chi connectivity index (χ4v) is 7.86. The van der Waals surface area contributed by atoms with Gasteiger partial charge in [-0.3, -0.25) is 9.59 Å². The van der Waals surface area contributed by atoms with Crippen molar-refractivity contribution >= 4 is 17.7 Å². The van der Waals surface area contributed by atoms with Crippen molar-refractivity contribution in [2.45, 2.75) is 91.4 Å². The molecule has 0 radical (unpaired) electrons. The number of hydrogen-bond donors (Lipinski definition) is 0. The number of hydrogen-bond acceptors (Lipinski definition) is 5. The van der Waals surface area contributed by atoms with Gasteiger partial charge in [0.2, 0.25) is 0 Å². The first-order valence-corrected chi connectivity index (χ1v) is 13.4. The molecule has 0 bridgehead atoms. The second-order valence-corrected chi connectivity index (χ2v) is 11.4. The largest absolute Gasteiger partial charge is 0.463 e. The minimum Gasteiger partial charge on any atom is -0.463 e. The van der Waals surface area contributed by atoms with Crippen molar-refractivity contribution in [3.05, 3.63) is 11.6 Å². The molecule has 4 rings (SSSR count). The number of carbonyl (C=O) groups excluding carboxylic acids is 3. The van der Waals surface area contributed by atoms with E-state index in [2.05, 4.69) is 6.92 Å². The van der Waals surface area contributed by atoms with Gasteiger partial charge in [-0.1, -0.05) is 26.3 Å². The summed E-state index contributed by atoms with van der Waals surface area (Å²) in [6.07, 6.45) is 13.6. The van der Waals surface area contributed by atoms with Crippen LogP contribution in [-0.2, 0) is 23.9 Å². The molecule has 0 N–H and O–H groups in total. The Kier molecular flexibility index (Phi) is 7.65. The first-order valence-electron chi connectivity index (χ1n) is 13.4. The van der Waals surface area contributed by atoms with Crippen molar-refractivity contribution < 1.29 is 23.9 Å². The van der Waals surface area contributed by atoms with Crippen LogP contribution < -0.4 is 0 Å². The van der Waals surface area contributed by atoms with Crippen LogP contribution >= 0.6 is 0 Å². The third-order valence-electron chi connectivity index (χ3n) is 9.60. The highest BCUT2D eigenvalue weighted by molar-refractivity contribution is 5.91. The number of carbonyl (C=O) groups is 3. The zero-order chi connectivity index (χ0) is 23.6. The number of allylic oxidation sites excluding steroid dienone is 1. The van der Waals surface area contributed by atoms with Crippen LogP contribution in [0, 0.1) is 40.9 Å². The summed E-state index contributed by atoms with van der Waals surface area (Å²) in [6.45, 7) is 6.54. The van der Waals surface area contributed by atoms with Gasteiger partial charge >= 0.3 is 11.9 Å². The van der Waals surface area contributed by atoms with E-state index in [9.17, 15) is 14.4 Å². The van der Waals surface area contributed by atoms with Crippen molar-refractivity contribution in [3.8, 4) is 0 Å². The molecule has 3 fully saturated rings. The number of ketones is 1. The molecule has 0 heterocycles. The first-order chi connectivity index (χ1) is 15.8.